The molecule has 3 rings (SSSR count). The summed E-state index contributed by atoms with van der Waals surface area (Å²) in [5, 5.41) is 0. The maximum absolute atomic E-state index is 11.4. The van der Waals surface area contributed by atoms with E-state index in [2.05, 4.69) is 0 Å². The van der Waals surface area contributed by atoms with E-state index < -0.39 is 11.9 Å². The molecule has 0 N–H and O–H groups in total. The van der Waals surface area contributed by atoms with Crippen molar-refractivity contribution >= 4 is 17.7 Å². The molecule has 2 saturated heterocycles. The van der Waals surface area contributed by atoms with Gasteiger partial charge in [0.05, 0.1) is 6.10 Å². The van der Waals surface area contributed by atoms with Gasteiger partial charge < -0.3 is 18.9 Å². The van der Waals surface area contributed by atoms with Gasteiger partial charge in [0.15, 0.2) is 11.9 Å². The van der Waals surface area contributed by atoms with Gasteiger partial charge in [-0.25, -0.2) is 0 Å². The highest BCUT2D eigenvalue weighted by atomic mass is 32.2. The number of fused-ring (bicyclic) bond motifs is 1. The summed E-state index contributed by atoms with van der Waals surface area (Å²) in [4.78, 5) is 12.5. The molecule has 0 unspecified atom stereocenters. The third-order valence-corrected chi connectivity index (χ3v) is 5.02. The summed E-state index contributed by atoms with van der Waals surface area (Å²) in [7, 11) is 0. The molecule has 0 radical (unpaired) electrons. The van der Waals surface area contributed by atoms with Gasteiger partial charge >= 0.3 is 5.97 Å². The third kappa shape index (κ3) is 3.71. The molecule has 0 aliphatic carbocycles. The Morgan fingerprint density at radius 1 is 1.17 bits per heavy atom. The summed E-state index contributed by atoms with van der Waals surface area (Å²) in [5.74, 6) is -1.07. The van der Waals surface area contributed by atoms with Gasteiger partial charge in [-0.1, -0.05) is 30.0 Å². The van der Waals surface area contributed by atoms with Gasteiger partial charge in [0.2, 0.25) is 0 Å². The zero-order chi connectivity index (χ0) is 16.6. The van der Waals surface area contributed by atoms with Crippen LogP contribution in [0, 0.1) is 0 Å². The van der Waals surface area contributed by atoms with Gasteiger partial charge in [0.1, 0.15) is 17.6 Å². The molecule has 1 aromatic rings. The van der Waals surface area contributed by atoms with E-state index in [1.807, 2.05) is 51.1 Å². The fraction of sp³-hybridized carbons (Fsp3) is 0.588. The lowest BCUT2D eigenvalue weighted by atomic mass is 10.0. The predicted octanol–water partition coefficient (Wildman–Crippen LogP) is 2.98. The van der Waals surface area contributed by atoms with Crippen molar-refractivity contribution in [1.29, 1.82) is 0 Å². The first-order valence-electron chi connectivity index (χ1n) is 7.76. The van der Waals surface area contributed by atoms with Crippen LogP contribution >= 0.6 is 11.8 Å². The second-order valence-corrected chi connectivity index (χ2v) is 7.45. The molecular formula is C17H22O5S. The molecule has 0 spiro atoms. The Hall–Kier alpha value is -1.08. The van der Waals surface area contributed by atoms with Crippen molar-refractivity contribution in [2.75, 3.05) is 0 Å². The zero-order valence-electron chi connectivity index (χ0n) is 13.7. The zero-order valence-corrected chi connectivity index (χ0v) is 14.5. The Morgan fingerprint density at radius 2 is 1.83 bits per heavy atom. The first kappa shape index (κ1) is 16.8. The summed E-state index contributed by atoms with van der Waals surface area (Å²) in [6.45, 7) is 7.03. The monoisotopic (exact) mass is 338 g/mol. The molecule has 0 aromatic heterocycles. The highest BCUT2D eigenvalue weighted by molar-refractivity contribution is 7.99. The van der Waals surface area contributed by atoms with E-state index >= 15 is 0 Å². The van der Waals surface area contributed by atoms with Crippen molar-refractivity contribution in [3.05, 3.63) is 30.3 Å². The Kier molecular flexibility index (Phi) is 4.69. The second kappa shape index (κ2) is 6.43. The molecule has 5 atom stereocenters. The number of hydrogen-bond donors (Lipinski definition) is 0. The molecule has 0 saturated carbocycles. The van der Waals surface area contributed by atoms with Crippen LogP contribution in [-0.2, 0) is 23.7 Å². The number of ether oxygens (including phenoxy) is 4. The van der Waals surface area contributed by atoms with Crippen molar-refractivity contribution in [3.63, 3.8) is 0 Å². The normalized spacial score (nSPS) is 35.6. The standard InChI is InChI=1S/C17H22O5S/c1-10-13(20-11(2)18)14-15(22-17(3,4)21-14)16(19-10)23-12-8-6-5-7-9-12/h5-10,13-16H,1-4H3/t10-,13-,14+,15+,16+/m0/s1. The molecule has 23 heavy (non-hydrogen) atoms. The van der Waals surface area contributed by atoms with Crippen molar-refractivity contribution in [3.8, 4) is 0 Å². The quantitative estimate of drug-likeness (QED) is 0.790. The molecule has 126 valence electrons. The van der Waals surface area contributed by atoms with Crippen molar-refractivity contribution in [2.24, 2.45) is 0 Å². The van der Waals surface area contributed by atoms with Crippen LogP contribution in [0.25, 0.3) is 0 Å². The van der Waals surface area contributed by atoms with Gasteiger partial charge in [-0.3, -0.25) is 4.79 Å². The fourth-order valence-electron chi connectivity index (χ4n) is 3.00. The number of carbonyl (C=O) groups excluding carboxylic acids is 1. The lowest BCUT2D eigenvalue weighted by Gasteiger charge is -2.40. The molecule has 0 bridgehead atoms. The van der Waals surface area contributed by atoms with E-state index in [9.17, 15) is 4.79 Å². The lowest BCUT2D eigenvalue weighted by molar-refractivity contribution is -0.190. The Morgan fingerprint density at radius 3 is 2.48 bits per heavy atom. The van der Waals surface area contributed by atoms with Gasteiger partial charge in [-0.15, -0.1) is 0 Å². The van der Waals surface area contributed by atoms with Gasteiger partial charge in [0, 0.05) is 11.8 Å². The largest absolute Gasteiger partial charge is 0.457 e. The summed E-state index contributed by atoms with van der Waals surface area (Å²) >= 11 is 1.60. The van der Waals surface area contributed by atoms with Crippen LogP contribution < -0.4 is 0 Å². The fourth-order valence-corrected chi connectivity index (χ4v) is 4.16. The number of hydrogen-bond acceptors (Lipinski definition) is 6. The number of carbonyl (C=O) groups is 1. The maximum Gasteiger partial charge on any atom is 0.303 e. The first-order chi connectivity index (χ1) is 10.9. The summed E-state index contributed by atoms with van der Waals surface area (Å²) < 4.78 is 23.6. The van der Waals surface area contributed by atoms with Crippen LogP contribution in [-0.4, -0.2) is 41.6 Å². The topological polar surface area (TPSA) is 54.0 Å². The minimum atomic E-state index is -0.726. The molecule has 2 heterocycles. The summed E-state index contributed by atoms with van der Waals surface area (Å²) in [6, 6.07) is 10.0. The van der Waals surface area contributed by atoms with Crippen LogP contribution in [0.2, 0.25) is 0 Å². The Bertz CT molecular complexity index is 561. The lowest BCUT2D eigenvalue weighted by Crippen LogP contribution is -2.55. The van der Waals surface area contributed by atoms with E-state index in [1.165, 1.54) is 6.92 Å². The number of esters is 1. The average molecular weight is 338 g/mol. The minimum Gasteiger partial charge on any atom is -0.457 e. The summed E-state index contributed by atoms with van der Waals surface area (Å²) in [6.07, 6.45) is -1.36. The van der Waals surface area contributed by atoms with Crippen molar-refractivity contribution in [2.45, 2.75) is 68.2 Å². The number of benzene rings is 1. The average Bonchev–Trinajstić information content (AvgIpc) is 2.80. The second-order valence-electron chi connectivity index (χ2n) is 6.28. The highest BCUT2D eigenvalue weighted by Gasteiger charge is 2.55. The van der Waals surface area contributed by atoms with E-state index in [4.69, 9.17) is 18.9 Å². The van der Waals surface area contributed by atoms with Crippen LogP contribution in [0.3, 0.4) is 0 Å². The third-order valence-electron chi connectivity index (χ3n) is 3.86. The van der Waals surface area contributed by atoms with E-state index in [0.29, 0.717) is 0 Å². The van der Waals surface area contributed by atoms with Gasteiger partial charge in [-0.05, 0) is 32.9 Å². The molecular weight excluding hydrogens is 316 g/mol. The highest BCUT2D eigenvalue weighted by Crippen LogP contribution is 2.43. The molecule has 2 aliphatic rings. The van der Waals surface area contributed by atoms with Crippen LogP contribution in [0.1, 0.15) is 27.7 Å². The molecule has 1 aromatic carbocycles. The summed E-state index contributed by atoms with van der Waals surface area (Å²) in [5.41, 5.74) is -0.217. The maximum atomic E-state index is 11.4. The van der Waals surface area contributed by atoms with E-state index in [0.717, 1.165) is 4.90 Å². The first-order valence-corrected chi connectivity index (χ1v) is 8.64. The predicted molar refractivity (Wildman–Crippen MR) is 86.0 cm³/mol. The Balaban J connectivity index is 1.82. The molecule has 5 nitrogen and oxygen atoms in total. The van der Waals surface area contributed by atoms with Crippen molar-refractivity contribution < 1.29 is 23.7 Å². The van der Waals surface area contributed by atoms with Crippen molar-refractivity contribution in [1.82, 2.24) is 0 Å². The van der Waals surface area contributed by atoms with E-state index in [1.54, 1.807) is 11.8 Å². The minimum absolute atomic E-state index is 0.217. The van der Waals surface area contributed by atoms with Gasteiger partial charge in [-0.2, -0.15) is 0 Å². The molecule has 0 amide bonds. The SMILES string of the molecule is CC(=O)O[C@@H]1[C@H]2OC(C)(C)O[C@H]2[C@@H](Sc2ccccc2)O[C@H]1C. The van der Waals surface area contributed by atoms with Crippen LogP contribution in [0.5, 0.6) is 0 Å². The smallest absolute Gasteiger partial charge is 0.303 e. The molecule has 6 heteroatoms. The molecule has 2 fully saturated rings. The van der Waals surface area contributed by atoms with Gasteiger partial charge in [0.25, 0.3) is 0 Å². The molecule has 2 aliphatic heterocycles. The van der Waals surface area contributed by atoms with E-state index in [-0.39, 0.29) is 29.7 Å². The van der Waals surface area contributed by atoms with Crippen LogP contribution in [0.4, 0.5) is 0 Å². The van der Waals surface area contributed by atoms with Crippen LogP contribution in [0.15, 0.2) is 35.2 Å². The number of thioether (sulfide) groups is 1. The Labute approximate surface area is 140 Å². The number of rotatable bonds is 3.